The molecule has 0 fully saturated rings. The second-order valence-electron chi connectivity index (χ2n) is 6.67. The Bertz CT molecular complexity index is 1120. The van der Waals surface area contributed by atoms with Gasteiger partial charge in [0.25, 0.3) is 0 Å². The third-order valence-corrected chi connectivity index (χ3v) is 4.60. The average molecular weight is 426 g/mol. The first-order chi connectivity index (χ1) is 14.8. The maximum atomic E-state index is 12.7. The molecule has 11 nitrogen and oxygen atoms in total. The van der Waals surface area contributed by atoms with Crippen molar-refractivity contribution in [2.24, 2.45) is 0 Å². The van der Waals surface area contributed by atoms with Gasteiger partial charge in [0.15, 0.2) is 5.82 Å². The number of rotatable bonds is 8. The predicted octanol–water partition coefficient (Wildman–Crippen LogP) is 2.80. The Morgan fingerprint density at radius 1 is 1.23 bits per heavy atom. The fourth-order valence-corrected chi connectivity index (χ4v) is 3.16. The summed E-state index contributed by atoms with van der Waals surface area (Å²) in [5.41, 5.74) is 1.38. The fourth-order valence-electron chi connectivity index (χ4n) is 3.16. The van der Waals surface area contributed by atoms with Crippen molar-refractivity contribution in [2.45, 2.75) is 33.7 Å². The minimum absolute atomic E-state index is 0.0126. The molecule has 0 radical (unpaired) electrons. The van der Waals surface area contributed by atoms with Gasteiger partial charge in [-0.25, -0.2) is 9.48 Å². The molecule has 0 spiro atoms. The number of anilines is 1. The van der Waals surface area contributed by atoms with Gasteiger partial charge in [0, 0.05) is 6.42 Å². The number of aryl methyl sites for hydroxylation is 2. The minimum Gasteiger partial charge on any atom is -0.462 e. The summed E-state index contributed by atoms with van der Waals surface area (Å²) in [6.45, 7) is 5.14. The first-order valence-corrected chi connectivity index (χ1v) is 9.62. The summed E-state index contributed by atoms with van der Waals surface area (Å²) in [5.74, 6) is -0.818. The van der Waals surface area contributed by atoms with Crippen molar-refractivity contribution < 1.29 is 19.2 Å². The molecule has 0 aliphatic carbocycles. The first kappa shape index (κ1) is 21.7. The van der Waals surface area contributed by atoms with E-state index in [9.17, 15) is 19.7 Å². The van der Waals surface area contributed by atoms with E-state index in [1.165, 1.54) is 15.6 Å². The minimum atomic E-state index is -0.603. The van der Waals surface area contributed by atoms with Crippen LogP contribution in [0.4, 0.5) is 11.5 Å². The van der Waals surface area contributed by atoms with Gasteiger partial charge in [0.05, 0.1) is 30.0 Å². The van der Waals surface area contributed by atoms with Crippen molar-refractivity contribution in [3.63, 3.8) is 0 Å². The Morgan fingerprint density at radius 2 is 1.94 bits per heavy atom. The number of carbonyl (C=O) groups excluding carboxylic acids is 2. The molecule has 1 aromatic carbocycles. The summed E-state index contributed by atoms with van der Waals surface area (Å²) in [5, 5.41) is 22.2. The van der Waals surface area contributed by atoms with Crippen molar-refractivity contribution in [3.8, 4) is 5.69 Å². The topological polar surface area (TPSA) is 134 Å². The number of nitrogens with zero attached hydrogens (tertiary/aromatic N) is 5. The van der Waals surface area contributed by atoms with Crippen LogP contribution in [0.5, 0.6) is 0 Å². The molecule has 3 aromatic rings. The van der Waals surface area contributed by atoms with Crippen LogP contribution >= 0.6 is 0 Å². The summed E-state index contributed by atoms with van der Waals surface area (Å²) in [7, 11) is 0. The SMILES string of the molecule is CCOC(=O)c1cnn(-c2ccccc2)c1NC(=O)CCn1nc(C)c([N+](=O)[O-])c1C. The Kier molecular flexibility index (Phi) is 6.43. The fraction of sp³-hybridized carbons (Fsp3) is 0.300. The maximum absolute atomic E-state index is 12.7. The van der Waals surface area contributed by atoms with E-state index in [0.717, 1.165) is 0 Å². The summed E-state index contributed by atoms with van der Waals surface area (Å²) in [6.07, 6.45) is 1.33. The molecule has 0 aliphatic heterocycles. The normalized spacial score (nSPS) is 10.7. The molecule has 0 unspecified atom stereocenters. The molecule has 0 bridgehead atoms. The van der Waals surface area contributed by atoms with Crippen LogP contribution in [0.15, 0.2) is 36.5 Å². The molecule has 2 heterocycles. The van der Waals surface area contributed by atoms with E-state index in [4.69, 9.17) is 4.74 Å². The lowest BCUT2D eigenvalue weighted by molar-refractivity contribution is -0.386. The number of hydrogen-bond acceptors (Lipinski definition) is 7. The van der Waals surface area contributed by atoms with E-state index in [-0.39, 0.29) is 42.3 Å². The molecule has 31 heavy (non-hydrogen) atoms. The number of ether oxygens (including phenoxy) is 1. The highest BCUT2D eigenvalue weighted by Crippen LogP contribution is 2.23. The number of aromatic nitrogens is 4. The van der Waals surface area contributed by atoms with Gasteiger partial charge in [-0.2, -0.15) is 10.2 Å². The van der Waals surface area contributed by atoms with Crippen molar-refractivity contribution >= 4 is 23.4 Å². The number of benzene rings is 1. The van der Waals surface area contributed by atoms with Crippen LogP contribution in [0, 0.1) is 24.0 Å². The number of amides is 1. The van der Waals surface area contributed by atoms with E-state index in [1.54, 1.807) is 32.9 Å². The van der Waals surface area contributed by atoms with Gasteiger partial charge in [-0.3, -0.25) is 19.6 Å². The van der Waals surface area contributed by atoms with E-state index in [0.29, 0.717) is 11.4 Å². The van der Waals surface area contributed by atoms with Crippen LogP contribution in [0.1, 0.15) is 35.1 Å². The van der Waals surface area contributed by atoms with Gasteiger partial charge in [-0.1, -0.05) is 18.2 Å². The lowest BCUT2D eigenvalue weighted by Gasteiger charge is -2.11. The van der Waals surface area contributed by atoms with Crippen LogP contribution in [0.2, 0.25) is 0 Å². The van der Waals surface area contributed by atoms with E-state index in [1.807, 2.05) is 18.2 Å². The molecule has 0 saturated heterocycles. The van der Waals surface area contributed by atoms with Crippen LogP contribution in [0.3, 0.4) is 0 Å². The number of hydrogen-bond donors (Lipinski definition) is 1. The standard InChI is InChI=1S/C20H22N6O5/c1-4-31-20(28)16-12-21-25(15-8-6-5-7-9-15)19(16)22-17(27)10-11-24-14(3)18(26(29)30)13(2)23-24/h5-9,12H,4,10-11H2,1-3H3,(H,22,27). The van der Waals surface area contributed by atoms with Gasteiger partial charge in [0.2, 0.25) is 5.91 Å². The number of nitrogens with one attached hydrogen (secondary N) is 1. The molecule has 162 valence electrons. The Balaban J connectivity index is 1.82. The van der Waals surface area contributed by atoms with Crippen LogP contribution in [-0.4, -0.2) is 43.0 Å². The molecular weight excluding hydrogens is 404 g/mol. The van der Waals surface area contributed by atoms with Crippen LogP contribution < -0.4 is 5.32 Å². The predicted molar refractivity (Wildman–Crippen MR) is 111 cm³/mol. The summed E-state index contributed by atoms with van der Waals surface area (Å²) >= 11 is 0. The number of para-hydroxylation sites is 1. The molecule has 1 N–H and O–H groups in total. The third kappa shape index (κ3) is 4.60. The van der Waals surface area contributed by atoms with Gasteiger partial charge in [-0.05, 0) is 32.9 Å². The summed E-state index contributed by atoms with van der Waals surface area (Å²) in [4.78, 5) is 35.6. The zero-order chi connectivity index (χ0) is 22.5. The second-order valence-corrected chi connectivity index (χ2v) is 6.67. The Hall–Kier alpha value is -4.02. The number of esters is 1. The van der Waals surface area contributed by atoms with Gasteiger partial charge in [0.1, 0.15) is 17.0 Å². The largest absolute Gasteiger partial charge is 0.462 e. The highest BCUT2D eigenvalue weighted by molar-refractivity contribution is 6.00. The van der Waals surface area contributed by atoms with E-state index in [2.05, 4.69) is 15.5 Å². The summed E-state index contributed by atoms with van der Waals surface area (Å²) < 4.78 is 7.93. The lowest BCUT2D eigenvalue weighted by atomic mass is 10.3. The molecular formula is C20H22N6O5. The summed E-state index contributed by atoms with van der Waals surface area (Å²) in [6, 6.07) is 9.02. The van der Waals surface area contributed by atoms with Gasteiger partial charge in [-0.15, -0.1) is 0 Å². The molecule has 1 amide bonds. The van der Waals surface area contributed by atoms with Crippen molar-refractivity contribution in [1.82, 2.24) is 19.6 Å². The lowest BCUT2D eigenvalue weighted by Crippen LogP contribution is -2.20. The quantitative estimate of drug-likeness (QED) is 0.332. The zero-order valence-corrected chi connectivity index (χ0v) is 17.4. The zero-order valence-electron chi connectivity index (χ0n) is 17.4. The smallest absolute Gasteiger partial charge is 0.343 e. The monoisotopic (exact) mass is 426 g/mol. The first-order valence-electron chi connectivity index (χ1n) is 9.62. The second kappa shape index (κ2) is 9.20. The van der Waals surface area contributed by atoms with E-state index < -0.39 is 16.8 Å². The molecule has 0 atom stereocenters. The Morgan fingerprint density at radius 3 is 2.55 bits per heavy atom. The molecule has 0 saturated carbocycles. The van der Waals surface area contributed by atoms with E-state index >= 15 is 0 Å². The average Bonchev–Trinajstić information content (AvgIpc) is 3.27. The number of carbonyl (C=O) groups is 2. The van der Waals surface area contributed by atoms with Gasteiger partial charge < -0.3 is 10.1 Å². The van der Waals surface area contributed by atoms with Crippen molar-refractivity contribution in [3.05, 3.63) is 63.6 Å². The molecule has 0 aliphatic rings. The Labute approximate surface area is 177 Å². The highest BCUT2D eigenvalue weighted by atomic mass is 16.6. The molecule has 11 heteroatoms. The van der Waals surface area contributed by atoms with Crippen molar-refractivity contribution in [1.29, 1.82) is 0 Å². The van der Waals surface area contributed by atoms with Gasteiger partial charge >= 0.3 is 11.7 Å². The molecule has 2 aromatic heterocycles. The molecule has 3 rings (SSSR count). The third-order valence-electron chi connectivity index (χ3n) is 4.60. The number of nitro groups is 1. The van der Waals surface area contributed by atoms with Crippen LogP contribution in [0.25, 0.3) is 5.69 Å². The highest BCUT2D eigenvalue weighted by Gasteiger charge is 2.24. The maximum Gasteiger partial charge on any atom is 0.343 e. The van der Waals surface area contributed by atoms with Crippen LogP contribution in [-0.2, 0) is 16.1 Å². The van der Waals surface area contributed by atoms with Crippen molar-refractivity contribution in [2.75, 3.05) is 11.9 Å².